The molecule has 1 aliphatic heterocycles. The van der Waals surface area contributed by atoms with Gasteiger partial charge in [0.05, 0.1) is 12.7 Å². The highest BCUT2D eigenvalue weighted by Gasteiger charge is 2.20. The Kier molecular flexibility index (Phi) is 2.86. The zero-order valence-corrected chi connectivity index (χ0v) is 6.56. The normalized spacial score (nSPS) is 36.7. The van der Waals surface area contributed by atoms with E-state index in [1.54, 1.807) is 7.11 Å². The summed E-state index contributed by atoms with van der Waals surface area (Å²) in [6.07, 6.45) is 1.27. The van der Waals surface area contributed by atoms with Crippen molar-refractivity contribution in [3.05, 3.63) is 0 Å². The Balaban J connectivity index is 2.23. The topological polar surface area (TPSA) is 27.7 Å². The van der Waals surface area contributed by atoms with E-state index in [0.29, 0.717) is 6.10 Å². The van der Waals surface area contributed by atoms with Crippen LogP contribution in [-0.2, 0) is 13.6 Å². The highest BCUT2D eigenvalue weighted by atomic mass is 31.2. The molecule has 2 atom stereocenters. The van der Waals surface area contributed by atoms with E-state index in [0.717, 1.165) is 13.0 Å². The van der Waals surface area contributed by atoms with Crippen LogP contribution in [0.5, 0.6) is 0 Å². The van der Waals surface area contributed by atoms with Crippen LogP contribution in [0.2, 0.25) is 0 Å². The Morgan fingerprint density at radius 1 is 1.67 bits per heavy atom. The molecule has 1 saturated heterocycles. The lowest BCUT2D eigenvalue weighted by Crippen LogP contribution is -2.14. The van der Waals surface area contributed by atoms with Gasteiger partial charge in [0.25, 0.3) is 0 Å². The summed E-state index contributed by atoms with van der Waals surface area (Å²) in [6, 6.07) is 0. The van der Waals surface area contributed by atoms with Crippen LogP contribution in [0.3, 0.4) is 0 Å². The van der Waals surface area contributed by atoms with Crippen LogP contribution in [0.25, 0.3) is 0 Å². The molecule has 1 aliphatic rings. The molecule has 1 heterocycles. The second kappa shape index (κ2) is 3.47. The minimum absolute atomic E-state index is 0.296. The van der Waals surface area contributed by atoms with E-state index in [1.807, 2.05) is 6.92 Å². The SMILES string of the molecule is COP1OCC[C@@H](C)O1. The summed E-state index contributed by atoms with van der Waals surface area (Å²) in [5, 5.41) is 0. The standard InChI is InChI=1S/C5H11O3P/c1-5-3-4-7-9(6-2)8-5/h5H,3-4H2,1-2H3/t5-,9?/m1/s1. The van der Waals surface area contributed by atoms with Crippen molar-refractivity contribution in [1.82, 2.24) is 0 Å². The first kappa shape index (κ1) is 7.42. The van der Waals surface area contributed by atoms with Crippen LogP contribution in [-0.4, -0.2) is 19.8 Å². The monoisotopic (exact) mass is 150 g/mol. The molecule has 1 unspecified atom stereocenters. The lowest BCUT2D eigenvalue weighted by molar-refractivity contribution is 0.0806. The van der Waals surface area contributed by atoms with Crippen molar-refractivity contribution in [1.29, 1.82) is 0 Å². The Labute approximate surface area is 56.3 Å². The average Bonchev–Trinajstić information content (AvgIpc) is 1.88. The summed E-state index contributed by atoms with van der Waals surface area (Å²) in [6.45, 7) is 2.79. The van der Waals surface area contributed by atoms with Gasteiger partial charge >= 0.3 is 8.60 Å². The second-order valence-electron chi connectivity index (χ2n) is 1.94. The molecule has 54 valence electrons. The second-order valence-corrected chi connectivity index (χ2v) is 3.23. The highest BCUT2D eigenvalue weighted by Crippen LogP contribution is 2.43. The van der Waals surface area contributed by atoms with Gasteiger partial charge in [0.2, 0.25) is 0 Å². The number of hydrogen-bond donors (Lipinski definition) is 0. The lowest BCUT2D eigenvalue weighted by Gasteiger charge is -2.24. The fraction of sp³-hybridized carbons (Fsp3) is 1.00. The summed E-state index contributed by atoms with van der Waals surface area (Å²) < 4.78 is 15.3. The Bertz CT molecular complexity index is 88.3. The smallest absolute Gasteiger partial charge is 0.316 e. The molecule has 4 heteroatoms. The first-order chi connectivity index (χ1) is 4.33. The van der Waals surface area contributed by atoms with Crippen LogP contribution in [0.1, 0.15) is 13.3 Å². The predicted octanol–water partition coefficient (Wildman–Crippen LogP) is 1.69. The van der Waals surface area contributed by atoms with Gasteiger partial charge < -0.3 is 13.6 Å². The van der Waals surface area contributed by atoms with E-state index in [4.69, 9.17) is 13.6 Å². The minimum Gasteiger partial charge on any atom is -0.316 e. The molecule has 0 radical (unpaired) electrons. The van der Waals surface area contributed by atoms with E-state index >= 15 is 0 Å². The molecular weight excluding hydrogens is 139 g/mol. The van der Waals surface area contributed by atoms with Crippen molar-refractivity contribution in [3.63, 3.8) is 0 Å². The van der Waals surface area contributed by atoms with Crippen molar-refractivity contribution in [2.45, 2.75) is 19.4 Å². The van der Waals surface area contributed by atoms with Crippen LogP contribution in [0.15, 0.2) is 0 Å². The summed E-state index contributed by atoms with van der Waals surface area (Å²) in [4.78, 5) is 0. The zero-order chi connectivity index (χ0) is 6.69. The maximum Gasteiger partial charge on any atom is 0.332 e. The summed E-state index contributed by atoms with van der Waals surface area (Å²) in [5.74, 6) is 0. The quantitative estimate of drug-likeness (QED) is 0.532. The fourth-order valence-electron chi connectivity index (χ4n) is 0.619. The molecule has 0 bridgehead atoms. The van der Waals surface area contributed by atoms with Gasteiger partial charge in [-0.3, -0.25) is 0 Å². The van der Waals surface area contributed by atoms with Crippen LogP contribution < -0.4 is 0 Å². The van der Waals surface area contributed by atoms with E-state index < -0.39 is 8.60 Å². The molecule has 0 aromatic heterocycles. The van der Waals surface area contributed by atoms with Gasteiger partial charge in [-0.05, 0) is 13.3 Å². The highest BCUT2D eigenvalue weighted by molar-refractivity contribution is 7.41. The third-order valence-corrected chi connectivity index (χ3v) is 2.36. The van der Waals surface area contributed by atoms with Crippen molar-refractivity contribution < 1.29 is 13.6 Å². The van der Waals surface area contributed by atoms with E-state index in [9.17, 15) is 0 Å². The third-order valence-electron chi connectivity index (χ3n) is 1.14. The maximum absolute atomic E-state index is 5.26. The predicted molar refractivity (Wildman–Crippen MR) is 35.0 cm³/mol. The molecule has 0 amide bonds. The molecule has 9 heavy (non-hydrogen) atoms. The molecule has 0 aliphatic carbocycles. The lowest BCUT2D eigenvalue weighted by atomic mass is 10.3. The van der Waals surface area contributed by atoms with Crippen molar-refractivity contribution in [2.24, 2.45) is 0 Å². The molecule has 0 saturated carbocycles. The van der Waals surface area contributed by atoms with E-state index in [1.165, 1.54) is 0 Å². The van der Waals surface area contributed by atoms with Gasteiger partial charge in [-0.1, -0.05) is 0 Å². The molecule has 0 aromatic carbocycles. The van der Waals surface area contributed by atoms with Crippen molar-refractivity contribution >= 4 is 8.60 Å². The fourth-order valence-corrected chi connectivity index (χ4v) is 1.53. The molecule has 3 nitrogen and oxygen atoms in total. The Hall–Kier alpha value is 0.310. The minimum atomic E-state index is -1.01. The number of hydrogen-bond acceptors (Lipinski definition) is 3. The number of rotatable bonds is 1. The molecule has 0 spiro atoms. The first-order valence-corrected chi connectivity index (χ1v) is 4.06. The molecular formula is C5H11O3P. The molecule has 1 rings (SSSR count). The molecule has 0 N–H and O–H groups in total. The van der Waals surface area contributed by atoms with Gasteiger partial charge in [0.15, 0.2) is 0 Å². The maximum atomic E-state index is 5.26. The largest absolute Gasteiger partial charge is 0.332 e. The van der Waals surface area contributed by atoms with Gasteiger partial charge in [-0.25, -0.2) is 0 Å². The van der Waals surface area contributed by atoms with Crippen molar-refractivity contribution in [3.8, 4) is 0 Å². The van der Waals surface area contributed by atoms with Gasteiger partial charge in [0, 0.05) is 7.11 Å². The molecule has 1 fully saturated rings. The summed E-state index contributed by atoms with van der Waals surface area (Å²) >= 11 is 0. The Morgan fingerprint density at radius 3 is 2.89 bits per heavy atom. The Morgan fingerprint density at radius 2 is 2.44 bits per heavy atom. The van der Waals surface area contributed by atoms with Crippen LogP contribution in [0.4, 0.5) is 0 Å². The first-order valence-electron chi connectivity index (χ1n) is 2.97. The summed E-state index contributed by atoms with van der Waals surface area (Å²) in [5.41, 5.74) is 0. The van der Waals surface area contributed by atoms with Gasteiger partial charge in [-0.2, -0.15) is 0 Å². The van der Waals surface area contributed by atoms with Crippen LogP contribution >= 0.6 is 8.60 Å². The van der Waals surface area contributed by atoms with Gasteiger partial charge in [0.1, 0.15) is 0 Å². The van der Waals surface area contributed by atoms with Crippen LogP contribution in [0, 0.1) is 0 Å². The summed E-state index contributed by atoms with van der Waals surface area (Å²) in [7, 11) is 0.592. The average molecular weight is 150 g/mol. The van der Waals surface area contributed by atoms with Gasteiger partial charge in [-0.15, -0.1) is 0 Å². The van der Waals surface area contributed by atoms with Crippen molar-refractivity contribution in [2.75, 3.05) is 13.7 Å². The van der Waals surface area contributed by atoms with E-state index in [2.05, 4.69) is 0 Å². The third kappa shape index (κ3) is 2.18. The van der Waals surface area contributed by atoms with E-state index in [-0.39, 0.29) is 0 Å². The molecule has 0 aromatic rings. The zero-order valence-electron chi connectivity index (χ0n) is 5.66.